The van der Waals surface area contributed by atoms with Crippen LogP contribution in [-0.2, 0) is 6.42 Å². The minimum absolute atomic E-state index is 0.181. The molecule has 90 valence electrons. The number of nitrogens with one attached hydrogen (secondary N) is 1. The van der Waals surface area contributed by atoms with Crippen LogP contribution in [-0.4, -0.2) is 6.54 Å². The van der Waals surface area contributed by atoms with Crippen LogP contribution >= 0.6 is 11.3 Å². The summed E-state index contributed by atoms with van der Waals surface area (Å²) in [6.45, 7) is 3.04. The quantitative estimate of drug-likeness (QED) is 0.850. The van der Waals surface area contributed by atoms with Crippen LogP contribution in [0.5, 0.6) is 0 Å². The van der Waals surface area contributed by atoms with Crippen molar-refractivity contribution >= 4 is 11.3 Å². The maximum atomic E-state index is 12.8. The molecule has 0 radical (unpaired) electrons. The van der Waals surface area contributed by atoms with Crippen molar-refractivity contribution in [2.75, 3.05) is 6.54 Å². The van der Waals surface area contributed by atoms with Gasteiger partial charge >= 0.3 is 0 Å². The van der Waals surface area contributed by atoms with Gasteiger partial charge in [0.05, 0.1) is 0 Å². The highest BCUT2D eigenvalue weighted by atomic mass is 32.1. The molecule has 0 unspecified atom stereocenters. The maximum Gasteiger partial charge on any atom is 0.123 e. The Kier molecular flexibility index (Phi) is 4.29. The second kappa shape index (κ2) is 5.94. The Balaban J connectivity index is 1.81. The fourth-order valence-corrected chi connectivity index (χ4v) is 2.44. The van der Waals surface area contributed by atoms with Gasteiger partial charge in [-0.15, -0.1) is 0 Å². The van der Waals surface area contributed by atoms with Crippen molar-refractivity contribution in [3.8, 4) is 0 Å². The Morgan fingerprint density at radius 1 is 1.24 bits per heavy atom. The number of benzene rings is 1. The van der Waals surface area contributed by atoms with E-state index in [0.717, 1.165) is 18.5 Å². The average Bonchev–Trinajstić information content (AvgIpc) is 2.83. The van der Waals surface area contributed by atoms with Crippen LogP contribution in [0.4, 0.5) is 4.39 Å². The van der Waals surface area contributed by atoms with Crippen LogP contribution in [0.3, 0.4) is 0 Å². The molecule has 2 rings (SSSR count). The number of rotatable bonds is 5. The molecule has 0 fully saturated rings. The van der Waals surface area contributed by atoms with E-state index in [1.54, 1.807) is 11.3 Å². The van der Waals surface area contributed by atoms with E-state index in [1.807, 2.05) is 12.1 Å². The first-order valence-electron chi connectivity index (χ1n) is 5.75. The molecule has 0 saturated heterocycles. The summed E-state index contributed by atoms with van der Waals surface area (Å²) in [7, 11) is 0. The third-order valence-electron chi connectivity index (χ3n) is 2.81. The fraction of sp³-hybridized carbons (Fsp3) is 0.286. The van der Waals surface area contributed by atoms with Gasteiger partial charge in [0.2, 0.25) is 0 Å². The molecule has 17 heavy (non-hydrogen) atoms. The summed E-state index contributed by atoms with van der Waals surface area (Å²) >= 11 is 1.73. The van der Waals surface area contributed by atoms with E-state index < -0.39 is 0 Å². The molecule has 1 atom stereocenters. The fourth-order valence-electron chi connectivity index (χ4n) is 1.74. The number of hydrogen-bond acceptors (Lipinski definition) is 2. The van der Waals surface area contributed by atoms with Crippen LogP contribution in [0.15, 0.2) is 41.1 Å². The summed E-state index contributed by atoms with van der Waals surface area (Å²) < 4.78 is 12.8. The highest BCUT2D eigenvalue weighted by Crippen LogP contribution is 2.13. The Morgan fingerprint density at radius 2 is 2.00 bits per heavy atom. The predicted octanol–water partition coefficient (Wildman–Crippen LogP) is 3.78. The molecule has 0 aliphatic carbocycles. The van der Waals surface area contributed by atoms with Gasteiger partial charge in [-0.3, -0.25) is 0 Å². The van der Waals surface area contributed by atoms with Gasteiger partial charge in [-0.1, -0.05) is 12.1 Å². The lowest BCUT2D eigenvalue weighted by Crippen LogP contribution is -2.21. The minimum atomic E-state index is -0.181. The minimum Gasteiger partial charge on any atom is -0.310 e. The summed E-state index contributed by atoms with van der Waals surface area (Å²) in [4.78, 5) is 0. The highest BCUT2D eigenvalue weighted by molar-refractivity contribution is 7.07. The number of thiophene rings is 1. The smallest absolute Gasteiger partial charge is 0.123 e. The maximum absolute atomic E-state index is 12.8. The van der Waals surface area contributed by atoms with Crippen molar-refractivity contribution in [1.82, 2.24) is 5.32 Å². The lowest BCUT2D eigenvalue weighted by molar-refractivity contribution is 0.573. The molecule has 0 spiro atoms. The van der Waals surface area contributed by atoms with E-state index in [0.29, 0.717) is 0 Å². The summed E-state index contributed by atoms with van der Waals surface area (Å²) in [6.07, 6.45) is 1.04. The normalized spacial score (nSPS) is 12.6. The van der Waals surface area contributed by atoms with Gasteiger partial charge in [-0.05, 0) is 60.0 Å². The molecule has 0 aliphatic heterocycles. The zero-order valence-corrected chi connectivity index (χ0v) is 10.6. The van der Waals surface area contributed by atoms with Gasteiger partial charge < -0.3 is 5.32 Å². The molecule has 0 bridgehead atoms. The van der Waals surface area contributed by atoms with Crippen LogP contribution in [0.2, 0.25) is 0 Å². The molecule has 3 heteroatoms. The van der Waals surface area contributed by atoms with Crippen LogP contribution in [0.1, 0.15) is 24.1 Å². The zero-order chi connectivity index (χ0) is 12.1. The molecular formula is C14H16FNS. The molecule has 0 saturated carbocycles. The molecule has 2 aromatic rings. The van der Waals surface area contributed by atoms with E-state index in [9.17, 15) is 4.39 Å². The van der Waals surface area contributed by atoms with Gasteiger partial charge in [0.1, 0.15) is 5.82 Å². The second-order valence-electron chi connectivity index (χ2n) is 4.11. The second-order valence-corrected chi connectivity index (χ2v) is 4.89. The third-order valence-corrected chi connectivity index (χ3v) is 3.55. The summed E-state index contributed by atoms with van der Waals surface area (Å²) in [5, 5.41) is 7.71. The SMILES string of the molecule is C[C@@H](NCCc1ccsc1)c1ccc(F)cc1. The van der Waals surface area contributed by atoms with Gasteiger partial charge in [0, 0.05) is 6.04 Å². The van der Waals surface area contributed by atoms with Crippen LogP contribution in [0, 0.1) is 5.82 Å². The van der Waals surface area contributed by atoms with Crippen molar-refractivity contribution in [3.05, 3.63) is 58.0 Å². The summed E-state index contributed by atoms with van der Waals surface area (Å²) in [5.41, 5.74) is 2.49. The van der Waals surface area contributed by atoms with Crippen molar-refractivity contribution in [1.29, 1.82) is 0 Å². The zero-order valence-electron chi connectivity index (χ0n) is 9.82. The monoisotopic (exact) mass is 249 g/mol. The predicted molar refractivity (Wildman–Crippen MR) is 70.8 cm³/mol. The van der Waals surface area contributed by atoms with Crippen LogP contribution < -0.4 is 5.32 Å². The van der Waals surface area contributed by atoms with Crippen molar-refractivity contribution in [2.45, 2.75) is 19.4 Å². The summed E-state index contributed by atoms with van der Waals surface area (Å²) in [6, 6.07) is 9.08. The van der Waals surface area contributed by atoms with Crippen molar-refractivity contribution in [2.24, 2.45) is 0 Å². The van der Waals surface area contributed by atoms with Crippen molar-refractivity contribution in [3.63, 3.8) is 0 Å². The largest absolute Gasteiger partial charge is 0.310 e. The summed E-state index contributed by atoms with van der Waals surface area (Å²) in [5.74, 6) is -0.181. The first-order chi connectivity index (χ1) is 8.25. The highest BCUT2D eigenvalue weighted by Gasteiger charge is 2.04. The van der Waals surface area contributed by atoms with Crippen molar-refractivity contribution < 1.29 is 4.39 Å². The third kappa shape index (κ3) is 3.65. The first-order valence-corrected chi connectivity index (χ1v) is 6.70. The number of hydrogen-bond donors (Lipinski definition) is 1. The lowest BCUT2D eigenvalue weighted by atomic mass is 10.1. The molecule has 1 aromatic heterocycles. The van der Waals surface area contributed by atoms with E-state index in [2.05, 4.69) is 29.1 Å². The van der Waals surface area contributed by atoms with Crippen LogP contribution in [0.25, 0.3) is 0 Å². The molecule has 1 nitrogen and oxygen atoms in total. The van der Waals surface area contributed by atoms with Gasteiger partial charge in [-0.2, -0.15) is 11.3 Å². The topological polar surface area (TPSA) is 12.0 Å². The number of halogens is 1. The molecule has 0 aliphatic rings. The van der Waals surface area contributed by atoms with E-state index >= 15 is 0 Å². The van der Waals surface area contributed by atoms with Gasteiger partial charge in [0.15, 0.2) is 0 Å². The Morgan fingerprint density at radius 3 is 2.65 bits per heavy atom. The molecule has 0 amide bonds. The standard InChI is InChI=1S/C14H16FNS/c1-11(13-2-4-14(15)5-3-13)16-8-6-12-7-9-17-10-12/h2-5,7,9-11,16H,6,8H2,1H3/t11-/m1/s1. The lowest BCUT2D eigenvalue weighted by Gasteiger charge is -2.13. The van der Waals surface area contributed by atoms with Gasteiger partial charge in [-0.25, -0.2) is 4.39 Å². The Bertz CT molecular complexity index is 436. The Labute approximate surface area is 105 Å². The Hall–Kier alpha value is -1.19. The van der Waals surface area contributed by atoms with E-state index in [4.69, 9.17) is 0 Å². The van der Waals surface area contributed by atoms with E-state index in [1.165, 1.54) is 17.7 Å². The first kappa shape index (κ1) is 12.3. The van der Waals surface area contributed by atoms with Gasteiger partial charge in [0.25, 0.3) is 0 Å². The molecule has 1 N–H and O–H groups in total. The molecular weight excluding hydrogens is 233 g/mol. The van der Waals surface area contributed by atoms with E-state index in [-0.39, 0.29) is 11.9 Å². The molecule has 1 heterocycles. The average molecular weight is 249 g/mol. The molecule has 1 aromatic carbocycles.